The molecule has 2 aromatic rings. The monoisotopic (exact) mass is 258 g/mol. The van der Waals surface area contributed by atoms with Crippen LogP contribution >= 0.6 is 0 Å². The van der Waals surface area contributed by atoms with Crippen molar-refractivity contribution in [3.63, 3.8) is 0 Å². The quantitative estimate of drug-likeness (QED) is 0.898. The topological polar surface area (TPSA) is 51.1 Å². The molecule has 1 amide bonds. The van der Waals surface area contributed by atoms with E-state index in [1.54, 1.807) is 7.05 Å². The standard InChI is InChI=1S/C13H12N2O2.C2H6/c1-14-13(17)10-7-8-12(16)15(9-10)11-5-3-2-4-6-11;1-2/h2-9H,1H3,(H,14,17);1-2H3. The van der Waals surface area contributed by atoms with Crippen LogP contribution in [0.3, 0.4) is 0 Å². The highest BCUT2D eigenvalue weighted by atomic mass is 16.1. The van der Waals surface area contributed by atoms with Crippen LogP contribution in [0.25, 0.3) is 5.69 Å². The van der Waals surface area contributed by atoms with Gasteiger partial charge >= 0.3 is 0 Å². The van der Waals surface area contributed by atoms with Gasteiger partial charge < -0.3 is 5.32 Å². The summed E-state index contributed by atoms with van der Waals surface area (Å²) in [6.45, 7) is 4.00. The van der Waals surface area contributed by atoms with Gasteiger partial charge in [-0.1, -0.05) is 32.0 Å². The molecule has 0 aliphatic heterocycles. The molecule has 0 fully saturated rings. The van der Waals surface area contributed by atoms with E-state index < -0.39 is 0 Å². The molecule has 0 unspecified atom stereocenters. The van der Waals surface area contributed by atoms with Crippen molar-refractivity contribution in [3.05, 3.63) is 64.6 Å². The maximum Gasteiger partial charge on any atom is 0.255 e. The van der Waals surface area contributed by atoms with E-state index in [0.717, 1.165) is 5.69 Å². The van der Waals surface area contributed by atoms with E-state index in [2.05, 4.69) is 5.32 Å². The molecule has 4 heteroatoms. The number of amides is 1. The predicted octanol–water partition coefficient (Wildman–Crippen LogP) is 2.22. The minimum Gasteiger partial charge on any atom is -0.355 e. The Labute approximate surface area is 112 Å². The number of hydrogen-bond donors (Lipinski definition) is 1. The van der Waals surface area contributed by atoms with Gasteiger partial charge in [-0.2, -0.15) is 0 Å². The summed E-state index contributed by atoms with van der Waals surface area (Å²) in [7, 11) is 1.56. The van der Waals surface area contributed by atoms with E-state index in [1.807, 2.05) is 44.2 Å². The van der Waals surface area contributed by atoms with Crippen LogP contribution in [0.1, 0.15) is 24.2 Å². The molecule has 0 aliphatic rings. The molecule has 1 aromatic heterocycles. The molecule has 4 nitrogen and oxygen atoms in total. The third kappa shape index (κ3) is 3.55. The Balaban J connectivity index is 0.000000861. The molecular weight excluding hydrogens is 240 g/mol. The Kier molecular flexibility index (Phi) is 5.54. The van der Waals surface area contributed by atoms with Crippen molar-refractivity contribution in [3.8, 4) is 5.69 Å². The Bertz CT molecular complexity index is 589. The molecule has 0 atom stereocenters. The van der Waals surface area contributed by atoms with Crippen LogP contribution in [0.2, 0.25) is 0 Å². The third-order valence-corrected chi connectivity index (χ3v) is 2.43. The lowest BCUT2D eigenvalue weighted by atomic mass is 10.2. The van der Waals surface area contributed by atoms with Crippen molar-refractivity contribution < 1.29 is 4.79 Å². The van der Waals surface area contributed by atoms with Crippen molar-refractivity contribution >= 4 is 5.91 Å². The molecule has 1 aromatic carbocycles. The first kappa shape index (κ1) is 14.7. The first-order valence-corrected chi connectivity index (χ1v) is 6.22. The minimum absolute atomic E-state index is 0.163. The van der Waals surface area contributed by atoms with E-state index in [0.29, 0.717) is 5.56 Å². The fourth-order valence-electron chi connectivity index (χ4n) is 1.56. The van der Waals surface area contributed by atoms with Crippen LogP contribution in [0.15, 0.2) is 53.5 Å². The van der Waals surface area contributed by atoms with E-state index in [9.17, 15) is 9.59 Å². The number of rotatable bonds is 2. The number of para-hydroxylation sites is 1. The number of hydrogen-bond acceptors (Lipinski definition) is 2. The zero-order chi connectivity index (χ0) is 14.3. The summed E-state index contributed by atoms with van der Waals surface area (Å²) in [4.78, 5) is 23.2. The van der Waals surface area contributed by atoms with Gasteiger partial charge in [0.25, 0.3) is 11.5 Å². The summed E-state index contributed by atoms with van der Waals surface area (Å²) in [6.07, 6.45) is 1.54. The molecule has 2 rings (SSSR count). The van der Waals surface area contributed by atoms with Gasteiger partial charge in [0.2, 0.25) is 0 Å². The molecule has 0 saturated carbocycles. The summed E-state index contributed by atoms with van der Waals surface area (Å²) in [5.41, 5.74) is 1.03. The van der Waals surface area contributed by atoms with E-state index in [-0.39, 0.29) is 11.5 Å². The first-order valence-electron chi connectivity index (χ1n) is 6.22. The summed E-state index contributed by atoms with van der Waals surface area (Å²) >= 11 is 0. The highest BCUT2D eigenvalue weighted by Gasteiger charge is 2.06. The third-order valence-electron chi connectivity index (χ3n) is 2.43. The van der Waals surface area contributed by atoms with Crippen molar-refractivity contribution in [2.24, 2.45) is 0 Å². The largest absolute Gasteiger partial charge is 0.355 e. The van der Waals surface area contributed by atoms with Gasteiger partial charge in [0, 0.05) is 25.0 Å². The number of carbonyl (C=O) groups excluding carboxylic acids is 1. The predicted molar refractivity (Wildman–Crippen MR) is 76.8 cm³/mol. The minimum atomic E-state index is -0.213. The van der Waals surface area contributed by atoms with Gasteiger partial charge in [-0.3, -0.25) is 14.2 Å². The fraction of sp³-hybridized carbons (Fsp3) is 0.200. The van der Waals surface area contributed by atoms with Gasteiger partial charge in [-0.05, 0) is 18.2 Å². The Morgan fingerprint density at radius 3 is 2.26 bits per heavy atom. The average Bonchev–Trinajstić information content (AvgIpc) is 2.50. The fourth-order valence-corrected chi connectivity index (χ4v) is 1.56. The number of benzene rings is 1. The van der Waals surface area contributed by atoms with Crippen molar-refractivity contribution in [2.45, 2.75) is 13.8 Å². The van der Waals surface area contributed by atoms with E-state index in [4.69, 9.17) is 0 Å². The lowest BCUT2D eigenvalue weighted by Crippen LogP contribution is -2.23. The maximum atomic E-state index is 11.7. The summed E-state index contributed by atoms with van der Waals surface area (Å²) < 4.78 is 1.45. The number of pyridine rings is 1. The molecule has 1 N–H and O–H groups in total. The average molecular weight is 258 g/mol. The van der Waals surface area contributed by atoms with E-state index in [1.165, 1.54) is 22.9 Å². The highest BCUT2D eigenvalue weighted by molar-refractivity contribution is 5.93. The lowest BCUT2D eigenvalue weighted by Gasteiger charge is -2.07. The number of nitrogens with one attached hydrogen (secondary N) is 1. The molecule has 0 bridgehead atoms. The zero-order valence-corrected chi connectivity index (χ0v) is 11.4. The zero-order valence-electron chi connectivity index (χ0n) is 11.4. The molecular formula is C15H18N2O2. The van der Waals surface area contributed by atoms with Crippen molar-refractivity contribution in [1.29, 1.82) is 0 Å². The lowest BCUT2D eigenvalue weighted by molar-refractivity contribution is 0.0962. The second-order valence-electron chi connectivity index (χ2n) is 3.54. The second-order valence-corrected chi connectivity index (χ2v) is 3.54. The number of nitrogens with zero attached hydrogens (tertiary/aromatic N) is 1. The maximum absolute atomic E-state index is 11.7. The van der Waals surface area contributed by atoms with Crippen molar-refractivity contribution in [2.75, 3.05) is 7.05 Å². The molecule has 0 spiro atoms. The second kappa shape index (κ2) is 7.16. The SMILES string of the molecule is CC.CNC(=O)c1ccc(=O)n(-c2ccccc2)c1. The van der Waals surface area contributed by atoms with Gasteiger partial charge in [-0.15, -0.1) is 0 Å². The van der Waals surface area contributed by atoms with Gasteiger partial charge in [0.05, 0.1) is 5.56 Å². The van der Waals surface area contributed by atoms with E-state index >= 15 is 0 Å². The molecule has 0 radical (unpaired) electrons. The Morgan fingerprint density at radius 2 is 1.68 bits per heavy atom. The summed E-state index contributed by atoms with van der Waals surface area (Å²) in [5, 5.41) is 2.53. The van der Waals surface area contributed by atoms with Crippen LogP contribution in [0.5, 0.6) is 0 Å². The smallest absolute Gasteiger partial charge is 0.255 e. The van der Waals surface area contributed by atoms with Crippen LogP contribution in [-0.4, -0.2) is 17.5 Å². The summed E-state index contributed by atoms with van der Waals surface area (Å²) in [5.74, 6) is -0.213. The molecule has 0 aliphatic carbocycles. The number of carbonyl (C=O) groups is 1. The van der Waals surface area contributed by atoms with Gasteiger partial charge in [0.15, 0.2) is 0 Å². The summed E-state index contributed by atoms with van der Waals surface area (Å²) in [6, 6.07) is 12.1. The van der Waals surface area contributed by atoms with Crippen molar-refractivity contribution in [1.82, 2.24) is 9.88 Å². The highest BCUT2D eigenvalue weighted by Crippen LogP contribution is 2.05. The van der Waals surface area contributed by atoms with Crippen LogP contribution in [0, 0.1) is 0 Å². The Hall–Kier alpha value is -2.36. The van der Waals surface area contributed by atoms with Crippen LogP contribution < -0.4 is 10.9 Å². The van der Waals surface area contributed by atoms with Gasteiger partial charge in [-0.25, -0.2) is 0 Å². The van der Waals surface area contributed by atoms with Crippen LogP contribution in [-0.2, 0) is 0 Å². The first-order chi connectivity index (χ1) is 9.22. The normalized spacial score (nSPS) is 9.21. The molecule has 19 heavy (non-hydrogen) atoms. The Morgan fingerprint density at radius 1 is 1.05 bits per heavy atom. The molecule has 0 saturated heterocycles. The van der Waals surface area contributed by atoms with Gasteiger partial charge in [0.1, 0.15) is 0 Å². The molecule has 1 heterocycles. The number of aromatic nitrogens is 1. The van der Waals surface area contributed by atoms with Crippen LogP contribution in [0.4, 0.5) is 0 Å². The molecule has 100 valence electrons.